The van der Waals surface area contributed by atoms with Crippen LogP contribution in [0.5, 0.6) is 0 Å². The number of nitrogens with two attached hydrogens (primary N) is 1. The van der Waals surface area contributed by atoms with Gasteiger partial charge in [-0.05, 0) is 23.2 Å². The standard InChI is InChI=1S/C2H5NO.CCl2O/c1-2(3)4;2-1(3)4/h1H3,(H2,3,4);. The van der Waals surface area contributed by atoms with E-state index in [1.54, 1.807) is 0 Å². The zero-order valence-corrected chi connectivity index (χ0v) is 5.66. The molecule has 0 aromatic rings. The van der Waals surface area contributed by atoms with Gasteiger partial charge in [-0.15, -0.1) is 0 Å². The van der Waals surface area contributed by atoms with Crippen LogP contribution in [-0.4, -0.2) is 10.6 Å². The summed E-state index contributed by atoms with van der Waals surface area (Å²) in [4.78, 5) is 18.2. The molecule has 0 fully saturated rings. The van der Waals surface area contributed by atoms with E-state index in [9.17, 15) is 4.79 Å². The number of rotatable bonds is 0. The number of primary amides is 1. The highest BCUT2D eigenvalue weighted by Crippen LogP contribution is 1.84. The molecule has 3 nitrogen and oxygen atoms in total. The quantitative estimate of drug-likeness (QED) is 0.536. The predicted octanol–water partition coefficient (Wildman–Crippen LogP) is 1.08. The molecule has 0 unspecified atom stereocenters. The van der Waals surface area contributed by atoms with E-state index in [4.69, 9.17) is 4.79 Å². The lowest BCUT2D eigenvalue weighted by atomic mass is 10.8. The van der Waals surface area contributed by atoms with Gasteiger partial charge >= 0.3 is 4.70 Å². The fourth-order valence-corrected chi connectivity index (χ4v) is 0. The number of amides is 1. The maximum Gasteiger partial charge on any atom is 0.313 e. The Kier molecular flexibility index (Phi) is 8.95. The van der Waals surface area contributed by atoms with E-state index in [0.29, 0.717) is 0 Å². The van der Waals surface area contributed by atoms with Crippen LogP contribution >= 0.6 is 23.2 Å². The lowest BCUT2D eigenvalue weighted by Gasteiger charge is -1.60. The predicted molar refractivity (Wildman–Crippen MR) is 32.0 cm³/mol. The molecule has 0 aromatic carbocycles. The highest BCUT2D eigenvalue weighted by atomic mass is 35.5. The molecule has 48 valence electrons. The molecule has 8 heavy (non-hydrogen) atoms. The van der Waals surface area contributed by atoms with Gasteiger partial charge in [-0.3, -0.25) is 9.59 Å². The number of carbonyl (C=O) groups excluding carboxylic acids is 2. The number of halogens is 2. The fraction of sp³-hybridized carbons (Fsp3) is 0.333. The molecular weight excluding hydrogens is 153 g/mol. The summed E-state index contributed by atoms with van der Waals surface area (Å²) in [5.41, 5.74) is 4.47. The van der Waals surface area contributed by atoms with Crippen LogP contribution in [0.25, 0.3) is 0 Å². The third-order valence-electron chi connectivity index (χ3n) is 0. The van der Waals surface area contributed by atoms with Crippen molar-refractivity contribution in [2.75, 3.05) is 0 Å². The van der Waals surface area contributed by atoms with Crippen molar-refractivity contribution in [2.24, 2.45) is 5.73 Å². The maximum atomic E-state index is 9.22. The van der Waals surface area contributed by atoms with Crippen molar-refractivity contribution >= 4 is 33.8 Å². The van der Waals surface area contributed by atoms with Gasteiger partial charge in [0.05, 0.1) is 0 Å². The molecule has 0 aliphatic rings. The van der Waals surface area contributed by atoms with Crippen LogP contribution in [-0.2, 0) is 4.79 Å². The van der Waals surface area contributed by atoms with Crippen LogP contribution in [0.2, 0.25) is 0 Å². The van der Waals surface area contributed by atoms with E-state index >= 15 is 0 Å². The lowest BCUT2D eigenvalue weighted by molar-refractivity contribution is -0.115. The monoisotopic (exact) mass is 157 g/mol. The van der Waals surface area contributed by atoms with Crippen molar-refractivity contribution in [3.8, 4) is 0 Å². The summed E-state index contributed by atoms with van der Waals surface area (Å²) in [5, 5.41) is 0. The van der Waals surface area contributed by atoms with Crippen molar-refractivity contribution in [3.63, 3.8) is 0 Å². The summed E-state index contributed by atoms with van der Waals surface area (Å²) in [7, 11) is 0. The molecule has 0 saturated heterocycles. The van der Waals surface area contributed by atoms with E-state index in [1.165, 1.54) is 6.92 Å². The minimum absolute atomic E-state index is 0.333. The number of hydrogen-bond donors (Lipinski definition) is 1. The summed E-state index contributed by atoms with van der Waals surface area (Å²) < 4.78 is -0.889. The minimum Gasteiger partial charge on any atom is -0.370 e. The van der Waals surface area contributed by atoms with Crippen LogP contribution in [0.1, 0.15) is 6.92 Å². The summed E-state index contributed by atoms with van der Waals surface area (Å²) in [6.45, 7) is 1.31. The first-order valence-corrected chi connectivity index (χ1v) is 2.33. The maximum absolute atomic E-state index is 9.22. The topological polar surface area (TPSA) is 60.2 Å². The number of hydrogen-bond acceptors (Lipinski definition) is 2. The Morgan fingerprint density at radius 1 is 1.38 bits per heavy atom. The largest absolute Gasteiger partial charge is 0.370 e. The SMILES string of the molecule is CC(N)=O.O=C(Cl)Cl. The van der Waals surface area contributed by atoms with Crippen molar-refractivity contribution in [1.82, 2.24) is 0 Å². The van der Waals surface area contributed by atoms with Crippen molar-refractivity contribution in [2.45, 2.75) is 6.92 Å². The average Bonchev–Trinajstić information content (AvgIpc) is 1.25. The first-order chi connectivity index (χ1) is 3.46. The molecule has 0 heterocycles. The summed E-state index contributed by atoms with van der Waals surface area (Å²) >= 11 is 8.80. The molecule has 2 N–H and O–H groups in total. The lowest BCUT2D eigenvalue weighted by Crippen LogP contribution is -2.01. The molecule has 0 aliphatic heterocycles. The van der Waals surface area contributed by atoms with E-state index in [-0.39, 0.29) is 5.91 Å². The number of carbonyl (C=O) groups is 2. The van der Waals surface area contributed by atoms with Crippen molar-refractivity contribution < 1.29 is 9.59 Å². The van der Waals surface area contributed by atoms with Crippen molar-refractivity contribution in [1.29, 1.82) is 0 Å². The molecule has 0 aromatic heterocycles. The fourth-order valence-electron chi connectivity index (χ4n) is 0. The second-order valence-electron chi connectivity index (χ2n) is 0.836. The first-order valence-electron chi connectivity index (χ1n) is 1.57. The van der Waals surface area contributed by atoms with Gasteiger partial charge in [0.25, 0.3) is 0 Å². The van der Waals surface area contributed by atoms with Crippen molar-refractivity contribution in [3.05, 3.63) is 0 Å². The normalized spacial score (nSPS) is 6.38. The van der Waals surface area contributed by atoms with E-state index in [0.717, 1.165) is 0 Å². The Morgan fingerprint density at radius 3 is 1.38 bits per heavy atom. The summed E-state index contributed by atoms with van der Waals surface area (Å²) in [5.74, 6) is -0.333. The molecule has 0 aliphatic carbocycles. The van der Waals surface area contributed by atoms with Gasteiger partial charge in [-0.2, -0.15) is 0 Å². The van der Waals surface area contributed by atoms with E-state index in [2.05, 4.69) is 28.9 Å². The molecule has 5 heteroatoms. The molecule has 1 amide bonds. The smallest absolute Gasteiger partial charge is 0.313 e. The molecule has 0 bridgehead atoms. The first kappa shape index (κ1) is 10.7. The Hall–Kier alpha value is -0.280. The molecule has 0 radical (unpaired) electrons. The van der Waals surface area contributed by atoms with Crippen LogP contribution < -0.4 is 5.73 Å². The van der Waals surface area contributed by atoms with E-state index < -0.39 is 4.70 Å². The highest BCUT2D eigenvalue weighted by molar-refractivity contribution is 6.93. The van der Waals surface area contributed by atoms with E-state index in [1.807, 2.05) is 0 Å². The Labute approximate surface area is 56.7 Å². The van der Waals surface area contributed by atoms with Gasteiger partial charge in [-0.1, -0.05) is 0 Å². The second kappa shape index (κ2) is 6.72. The van der Waals surface area contributed by atoms with Gasteiger partial charge < -0.3 is 5.73 Å². The van der Waals surface area contributed by atoms with Crippen LogP contribution in [0.3, 0.4) is 0 Å². The Bertz CT molecular complexity index is 73.3. The minimum atomic E-state index is -0.889. The third-order valence-corrected chi connectivity index (χ3v) is 0. The Balaban J connectivity index is 0. The van der Waals surface area contributed by atoms with Gasteiger partial charge in [0.15, 0.2) is 0 Å². The molecule has 0 saturated carbocycles. The highest BCUT2D eigenvalue weighted by Gasteiger charge is 1.72. The van der Waals surface area contributed by atoms with Crippen LogP contribution in [0.15, 0.2) is 0 Å². The summed E-state index contributed by atoms with van der Waals surface area (Å²) in [6.07, 6.45) is 0. The molecule has 0 rings (SSSR count). The molecule has 0 atom stereocenters. The zero-order valence-electron chi connectivity index (χ0n) is 4.15. The van der Waals surface area contributed by atoms with Gasteiger partial charge in [0, 0.05) is 6.92 Å². The third kappa shape index (κ3) is 1630. The average molecular weight is 158 g/mol. The Morgan fingerprint density at radius 2 is 1.38 bits per heavy atom. The van der Waals surface area contributed by atoms with Crippen LogP contribution in [0.4, 0.5) is 4.79 Å². The van der Waals surface area contributed by atoms with Gasteiger partial charge in [0.1, 0.15) is 0 Å². The van der Waals surface area contributed by atoms with Gasteiger partial charge in [-0.25, -0.2) is 0 Å². The molecule has 0 spiro atoms. The molecular formula is C3H5Cl2NO2. The van der Waals surface area contributed by atoms with Gasteiger partial charge in [0.2, 0.25) is 5.91 Å². The second-order valence-corrected chi connectivity index (χ2v) is 1.72. The zero-order chi connectivity index (χ0) is 7.15. The van der Waals surface area contributed by atoms with Crippen LogP contribution in [0, 0.1) is 0 Å². The summed E-state index contributed by atoms with van der Waals surface area (Å²) in [6, 6.07) is 0.